The number of carbonyl (C=O) groups is 4. The zero-order valence-electron chi connectivity index (χ0n) is 21.0. The van der Waals surface area contributed by atoms with Crippen LogP contribution >= 0.6 is 11.8 Å². The van der Waals surface area contributed by atoms with E-state index < -0.39 is 11.8 Å². The number of ketones is 1. The van der Waals surface area contributed by atoms with Crippen molar-refractivity contribution >= 4 is 52.7 Å². The summed E-state index contributed by atoms with van der Waals surface area (Å²) < 4.78 is 5.31. The fourth-order valence-corrected chi connectivity index (χ4v) is 4.12. The average Bonchev–Trinajstić information content (AvgIpc) is 3.46. The molecule has 9 heteroatoms. The molecule has 0 spiro atoms. The number of rotatable bonds is 10. The molecule has 0 fully saturated rings. The Labute approximate surface area is 229 Å². The lowest BCUT2D eigenvalue weighted by Crippen LogP contribution is -2.30. The number of hydrogen-bond acceptors (Lipinski definition) is 6. The number of benzene rings is 3. The Hall–Kier alpha value is -4.89. The molecule has 3 amide bonds. The normalized spacial score (nSPS) is 10.9. The molecule has 4 aromatic rings. The van der Waals surface area contributed by atoms with Gasteiger partial charge in [-0.2, -0.15) is 0 Å². The molecular formula is C30H25N3O5S. The maximum atomic E-state index is 13.0. The lowest BCUT2D eigenvalue weighted by molar-refractivity contribution is -0.114. The molecule has 0 saturated carbocycles. The summed E-state index contributed by atoms with van der Waals surface area (Å²) in [5, 5.41) is 8.22. The molecule has 1 aromatic heterocycles. The van der Waals surface area contributed by atoms with Gasteiger partial charge in [-0.3, -0.25) is 19.2 Å². The minimum atomic E-state index is -0.522. The van der Waals surface area contributed by atoms with E-state index in [1.807, 2.05) is 0 Å². The summed E-state index contributed by atoms with van der Waals surface area (Å²) in [5.74, 6) is -0.579. The second-order valence-corrected chi connectivity index (χ2v) is 9.39. The van der Waals surface area contributed by atoms with Crippen LogP contribution in [0.2, 0.25) is 0 Å². The van der Waals surface area contributed by atoms with Gasteiger partial charge in [0.15, 0.2) is 5.78 Å². The summed E-state index contributed by atoms with van der Waals surface area (Å²) in [6.45, 7) is 1.49. The van der Waals surface area contributed by atoms with E-state index in [2.05, 4.69) is 16.0 Å². The predicted molar refractivity (Wildman–Crippen MR) is 151 cm³/mol. The largest absolute Gasteiger partial charge is 0.465 e. The number of hydrogen-bond donors (Lipinski definition) is 3. The lowest BCUT2D eigenvalue weighted by atomic mass is 10.1. The molecule has 0 unspecified atom stereocenters. The van der Waals surface area contributed by atoms with E-state index in [0.717, 1.165) is 4.90 Å². The van der Waals surface area contributed by atoms with Gasteiger partial charge in [-0.15, -0.1) is 11.8 Å². The predicted octanol–water partition coefficient (Wildman–Crippen LogP) is 5.62. The number of amides is 3. The first kappa shape index (κ1) is 27.2. The van der Waals surface area contributed by atoms with Gasteiger partial charge in [-0.25, -0.2) is 0 Å². The van der Waals surface area contributed by atoms with Gasteiger partial charge in [0.25, 0.3) is 11.8 Å². The standard InChI is InChI=1S/C30H25N3O5S/c1-20(34)21-9-11-23(12-10-21)31-28(35)19-39-26-15-13-24(14-16-26)32-30(37)27(18-25-8-5-17-38-25)33-29(36)22-6-3-2-4-7-22/h2-18H,19H2,1H3,(H,31,35)(H,32,37)(H,33,36)/b27-18-. The van der Waals surface area contributed by atoms with Crippen LogP contribution in [-0.2, 0) is 9.59 Å². The van der Waals surface area contributed by atoms with Crippen LogP contribution in [0.1, 0.15) is 33.4 Å². The minimum absolute atomic E-state index is 0.0188. The quantitative estimate of drug-likeness (QED) is 0.137. The van der Waals surface area contributed by atoms with Gasteiger partial charge >= 0.3 is 0 Å². The van der Waals surface area contributed by atoms with Crippen molar-refractivity contribution in [2.75, 3.05) is 16.4 Å². The van der Waals surface area contributed by atoms with Crippen LogP contribution < -0.4 is 16.0 Å². The van der Waals surface area contributed by atoms with E-state index in [1.54, 1.807) is 91.0 Å². The molecule has 1 heterocycles. The molecule has 4 rings (SSSR count). The Kier molecular flexibility index (Phi) is 9.10. The molecule has 3 aromatic carbocycles. The topological polar surface area (TPSA) is 118 Å². The number of furan rings is 1. The Morgan fingerprint density at radius 1 is 0.769 bits per heavy atom. The molecule has 39 heavy (non-hydrogen) atoms. The van der Waals surface area contributed by atoms with Gasteiger partial charge in [-0.1, -0.05) is 18.2 Å². The average molecular weight is 540 g/mol. The van der Waals surface area contributed by atoms with Gasteiger partial charge in [0.05, 0.1) is 12.0 Å². The molecule has 8 nitrogen and oxygen atoms in total. The third kappa shape index (κ3) is 8.05. The summed E-state index contributed by atoms with van der Waals surface area (Å²) >= 11 is 1.34. The van der Waals surface area contributed by atoms with Gasteiger partial charge in [0.1, 0.15) is 11.5 Å². The van der Waals surface area contributed by atoms with E-state index >= 15 is 0 Å². The minimum Gasteiger partial charge on any atom is -0.465 e. The molecule has 3 N–H and O–H groups in total. The molecular weight excluding hydrogens is 514 g/mol. The monoisotopic (exact) mass is 539 g/mol. The zero-order chi connectivity index (χ0) is 27.6. The van der Waals surface area contributed by atoms with Crippen molar-refractivity contribution in [2.24, 2.45) is 0 Å². The molecule has 0 radical (unpaired) electrons. The van der Waals surface area contributed by atoms with E-state index in [0.29, 0.717) is 28.3 Å². The third-order valence-corrected chi connectivity index (χ3v) is 6.43. The van der Waals surface area contributed by atoms with Crippen molar-refractivity contribution in [1.29, 1.82) is 0 Å². The Bertz CT molecular complexity index is 1480. The number of nitrogens with one attached hydrogen (secondary N) is 3. The molecule has 196 valence electrons. The Morgan fingerprint density at radius 3 is 2.08 bits per heavy atom. The number of Topliss-reactive ketones (excluding diaryl/α,β-unsaturated/α-hetero) is 1. The number of thioether (sulfide) groups is 1. The second-order valence-electron chi connectivity index (χ2n) is 8.34. The van der Waals surface area contributed by atoms with E-state index in [9.17, 15) is 19.2 Å². The second kappa shape index (κ2) is 13.1. The first-order valence-electron chi connectivity index (χ1n) is 11.9. The summed E-state index contributed by atoms with van der Waals surface area (Å²) in [4.78, 5) is 50.2. The number of carbonyl (C=O) groups excluding carboxylic acids is 4. The van der Waals surface area contributed by atoms with Crippen molar-refractivity contribution in [3.63, 3.8) is 0 Å². The molecule has 0 atom stereocenters. The Balaban J connectivity index is 1.34. The number of anilines is 2. The van der Waals surface area contributed by atoms with Gasteiger partial charge in [0, 0.05) is 33.5 Å². The first-order chi connectivity index (χ1) is 18.9. The van der Waals surface area contributed by atoms with Gasteiger partial charge < -0.3 is 20.4 Å². The fourth-order valence-electron chi connectivity index (χ4n) is 3.43. The Morgan fingerprint density at radius 2 is 1.44 bits per heavy atom. The zero-order valence-corrected chi connectivity index (χ0v) is 21.8. The highest BCUT2D eigenvalue weighted by molar-refractivity contribution is 8.00. The van der Waals surface area contributed by atoms with Crippen LogP contribution in [0, 0.1) is 0 Å². The third-order valence-electron chi connectivity index (χ3n) is 5.42. The van der Waals surface area contributed by atoms with E-state index in [-0.39, 0.29) is 23.1 Å². The van der Waals surface area contributed by atoms with Crippen molar-refractivity contribution < 1.29 is 23.6 Å². The highest BCUT2D eigenvalue weighted by atomic mass is 32.2. The van der Waals surface area contributed by atoms with E-state index in [1.165, 1.54) is 31.0 Å². The molecule has 0 aliphatic carbocycles. The summed E-state index contributed by atoms with van der Waals surface area (Å²) in [6.07, 6.45) is 2.92. The van der Waals surface area contributed by atoms with Gasteiger partial charge in [0.2, 0.25) is 5.91 Å². The van der Waals surface area contributed by atoms with Crippen LogP contribution in [0.25, 0.3) is 6.08 Å². The highest BCUT2D eigenvalue weighted by Crippen LogP contribution is 2.21. The maximum Gasteiger partial charge on any atom is 0.272 e. The van der Waals surface area contributed by atoms with Gasteiger partial charge in [-0.05, 0) is 79.7 Å². The lowest BCUT2D eigenvalue weighted by Gasteiger charge is -2.11. The summed E-state index contributed by atoms with van der Waals surface area (Å²) in [6, 6.07) is 25.6. The van der Waals surface area contributed by atoms with Crippen molar-refractivity contribution in [1.82, 2.24) is 5.32 Å². The maximum absolute atomic E-state index is 13.0. The van der Waals surface area contributed by atoms with Crippen molar-refractivity contribution in [3.8, 4) is 0 Å². The highest BCUT2D eigenvalue weighted by Gasteiger charge is 2.16. The SMILES string of the molecule is CC(=O)c1ccc(NC(=O)CSc2ccc(NC(=O)/C(=C/c3ccco3)NC(=O)c3ccccc3)cc2)cc1. The summed E-state index contributed by atoms with van der Waals surface area (Å²) in [5.41, 5.74) is 2.14. The van der Waals surface area contributed by atoms with Crippen LogP contribution in [0.5, 0.6) is 0 Å². The molecule has 0 aliphatic heterocycles. The first-order valence-corrected chi connectivity index (χ1v) is 12.9. The molecule has 0 bridgehead atoms. The van der Waals surface area contributed by atoms with Crippen molar-refractivity contribution in [3.05, 3.63) is 120 Å². The van der Waals surface area contributed by atoms with Crippen LogP contribution in [-0.4, -0.2) is 29.3 Å². The van der Waals surface area contributed by atoms with Crippen LogP contribution in [0.4, 0.5) is 11.4 Å². The van der Waals surface area contributed by atoms with Crippen LogP contribution in [0.3, 0.4) is 0 Å². The molecule has 0 saturated heterocycles. The smallest absolute Gasteiger partial charge is 0.272 e. The van der Waals surface area contributed by atoms with Crippen molar-refractivity contribution in [2.45, 2.75) is 11.8 Å². The molecule has 0 aliphatic rings. The summed E-state index contributed by atoms with van der Waals surface area (Å²) in [7, 11) is 0. The van der Waals surface area contributed by atoms with Crippen LogP contribution in [0.15, 0.2) is 112 Å². The fraction of sp³-hybridized carbons (Fsp3) is 0.0667. The van der Waals surface area contributed by atoms with E-state index in [4.69, 9.17) is 4.42 Å².